The summed E-state index contributed by atoms with van der Waals surface area (Å²) in [5.74, 6) is 1.05. The van der Waals surface area contributed by atoms with Gasteiger partial charge in [0.25, 0.3) is 0 Å². The fourth-order valence-electron chi connectivity index (χ4n) is 2.40. The molecule has 3 aromatic rings. The lowest BCUT2D eigenvalue weighted by atomic mass is 10.1. The monoisotopic (exact) mass is 412 g/mol. The Morgan fingerprint density at radius 2 is 1.83 bits per heavy atom. The number of hydrazine groups is 1. The predicted molar refractivity (Wildman–Crippen MR) is 115 cm³/mol. The standard InChI is InChI=1S/C19H22N7O2S/c1-19(2,3)23-18-21-16(13-5-4-10-20-12-13)11-17(22-18)25-24-14-6-8-15(9-7-14)26-29(27)28/h4-12,24H,1-3H3,(H,26,27,28)(H2,21,22,23,25)/q-1. The zero-order valence-corrected chi connectivity index (χ0v) is 17.1. The van der Waals surface area contributed by atoms with Crippen LogP contribution in [0.1, 0.15) is 20.8 Å². The summed E-state index contributed by atoms with van der Waals surface area (Å²) in [5, 5.41) is 3.28. The smallest absolute Gasteiger partial charge is 0.225 e. The van der Waals surface area contributed by atoms with Gasteiger partial charge in [-0.05, 0) is 57.2 Å². The molecule has 10 heteroatoms. The van der Waals surface area contributed by atoms with Gasteiger partial charge in [0.05, 0.1) is 11.4 Å². The molecule has 0 saturated carbocycles. The molecule has 0 saturated heterocycles. The summed E-state index contributed by atoms with van der Waals surface area (Å²) in [6, 6.07) is 12.3. The molecule has 0 aliphatic heterocycles. The zero-order valence-electron chi connectivity index (χ0n) is 16.2. The Morgan fingerprint density at radius 3 is 2.45 bits per heavy atom. The largest absolute Gasteiger partial charge is 0.454 e. The first-order valence-corrected chi connectivity index (χ1v) is 9.87. The van der Waals surface area contributed by atoms with Crippen LogP contribution in [0.15, 0.2) is 59.2 Å². The van der Waals surface area contributed by atoms with Crippen molar-refractivity contribution in [3.8, 4) is 11.3 Å². The van der Waals surface area contributed by atoms with E-state index in [4.69, 9.17) is 4.55 Å². The van der Waals surface area contributed by atoms with Crippen LogP contribution in [0.4, 0.5) is 23.1 Å². The SMILES string of the molecule is CC(C)(C)Nc1nc(NNc2ccc(N=[S-](=O)O)cc2)cc(-c2cccnc2)n1. The summed E-state index contributed by atoms with van der Waals surface area (Å²) in [6.45, 7) is 6.10. The Hall–Kier alpha value is -3.24. The molecule has 0 bridgehead atoms. The third-order valence-electron chi connectivity index (χ3n) is 3.56. The van der Waals surface area contributed by atoms with Crippen molar-refractivity contribution in [3.05, 3.63) is 54.9 Å². The summed E-state index contributed by atoms with van der Waals surface area (Å²) >= 11 is 0. The molecule has 3 rings (SSSR count). The van der Waals surface area contributed by atoms with Gasteiger partial charge in [-0.3, -0.25) is 15.8 Å². The third-order valence-corrected chi connectivity index (χ3v) is 3.92. The van der Waals surface area contributed by atoms with Crippen molar-refractivity contribution in [1.29, 1.82) is 0 Å². The number of nitrogens with zero attached hydrogens (tertiary/aromatic N) is 4. The second-order valence-electron chi connectivity index (χ2n) is 7.20. The van der Waals surface area contributed by atoms with Gasteiger partial charge in [0.15, 0.2) is 5.82 Å². The zero-order chi connectivity index (χ0) is 20.9. The van der Waals surface area contributed by atoms with E-state index in [9.17, 15) is 4.21 Å². The number of rotatable bonds is 6. The maximum absolute atomic E-state index is 10.7. The van der Waals surface area contributed by atoms with E-state index in [2.05, 4.69) is 35.5 Å². The van der Waals surface area contributed by atoms with Gasteiger partial charge in [-0.1, -0.05) is 10.9 Å². The second-order valence-corrected chi connectivity index (χ2v) is 7.84. The number of anilines is 3. The van der Waals surface area contributed by atoms with Gasteiger partial charge < -0.3 is 18.4 Å². The Morgan fingerprint density at radius 1 is 1.07 bits per heavy atom. The van der Waals surface area contributed by atoms with Gasteiger partial charge in [-0.2, -0.15) is 4.98 Å². The molecule has 2 heterocycles. The summed E-state index contributed by atoms with van der Waals surface area (Å²) in [6.07, 6.45) is 3.45. The second kappa shape index (κ2) is 8.84. The summed E-state index contributed by atoms with van der Waals surface area (Å²) in [5.41, 5.74) is 8.64. The van der Waals surface area contributed by atoms with Crippen LogP contribution in [0, 0.1) is 0 Å². The molecule has 0 fully saturated rings. The van der Waals surface area contributed by atoms with Crippen LogP contribution in [-0.4, -0.2) is 25.0 Å². The molecule has 152 valence electrons. The Labute approximate surface area is 171 Å². The van der Waals surface area contributed by atoms with Gasteiger partial charge >= 0.3 is 0 Å². The van der Waals surface area contributed by atoms with E-state index in [1.54, 1.807) is 36.7 Å². The first kappa shape index (κ1) is 20.5. The minimum Gasteiger partial charge on any atom is -0.454 e. The van der Waals surface area contributed by atoms with Crippen LogP contribution in [-0.2, 0) is 15.1 Å². The number of aromatic nitrogens is 3. The molecule has 4 N–H and O–H groups in total. The lowest BCUT2D eigenvalue weighted by Gasteiger charge is -2.21. The Balaban J connectivity index is 1.83. The van der Waals surface area contributed by atoms with Gasteiger partial charge in [0, 0.05) is 35.2 Å². The minimum atomic E-state index is -2.23. The number of hydrogen-bond donors (Lipinski definition) is 4. The quantitative estimate of drug-likeness (QED) is 0.266. The number of hydrogen-bond acceptors (Lipinski definition) is 9. The number of nitrogens with one attached hydrogen (secondary N) is 3. The molecule has 0 atom stereocenters. The molecule has 0 radical (unpaired) electrons. The van der Waals surface area contributed by atoms with E-state index < -0.39 is 10.9 Å². The lowest BCUT2D eigenvalue weighted by Crippen LogP contribution is -2.27. The molecule has 0 amide bonds. The number of benzene rings is 1. The van der Waals surface area contributed by atoms with E-state index in [1.807, 2.05) is 39.0 Å². The molecular formula is C19H22N7O2S-. The van der Waals surface area contributed by atoms with Crippen LogP contribution < -0.4 is 16.2 Å². The van der Waals surface area contributed by atoms with Gasteiger partial charge in [-0.25, -0.2) is 4.98 Å². The lowest BCUT2D eigenvalue weighted by molar-refractivity contribution is 0.529. The predicted octanol–water partition coefficient (Wildman–Crippen LogP) is 4.44. The minimum absolute atomic E-state index is 0.204. The first-order valence-electron chi connectivity index (χ1n) is 8.81. The van der Waals surface area contributed by atoms with Crippen LogP contribution in [0.5, 0.6) is 0 Å². The van der Waals surface area contributed by atoms with Crippen molar-refractivity contribution in [2.24, 2.45) is 4.36 Å². The summed E-state index contributed by atoms with van der Waals surface area (Å²) in [7, 11) is -2.23. The molecule has 0 spiro atoms. The normalized spacial score (nSPS) is 12.4. The molecule has 1 aromatic carbocycles. The maximum Gasteiger partial charge on any atom is 0.225 e. The van der Waals surface area contributed by atoms with Crippen molar-refractivity contribution >= 4 is 34.0 Å². The fourth-order valence-corrected chi connectivity index (χ4v) is 2.70. The van der Waals surface area contributed by atoms with Crippen molar-refractivity contribution in [1.82, 2.24) is 15.0 Å². The molecular weight excluding hydrogens is 390 g/mol. The van der Waals surface area contributed by atoms with Crippen LogP contribution in [0.25, 0.3) is 11.3 Å². The van der Waals surface area contributed by atoms with Crippen molar-refractivity contribution < 1.29 is 8.76 Å². The molecule has 29 heavy (non-hydrogen) atoms. The molecule has 2 aromatic heterocycles. The van der Waals surface area contributed by atoms with Crippen LogP contribution >= 0.6 is 0 Å². The van der Waals surface area contributed by atoms with Crippen molar-refractivity contribution in [2.45, 2.75) is 26.3 Å². The van der Waals surface area contributed by atoms with Gasteiger partial charge in [-0.15, -0.1) is 0 Å². The third kappa shape index (κ3) is 6.40. The van der Waals surface area contributed by atoms with Gasteiger partial charge in [0.2, 0.25) is 5.95 Å². The van der Waals surface area contributed by atoms with E-state index in [-0.39, 0.29) is 5.54 Å². The van der Waals surface area contributed by atoms with Crippen LogP contribution in [0.3, 0.4) is 0 Å². The molecule has 0 aliphatic rings. The van der Waals surface area contributed by atoms with E-state index >= 15 is 0 Å². The average molecular weight is 412 g/mol. The summed E-state index contributed by atoms with van der Waals surface area (Å²) < 4.78 is 23.1. The highest BCUT2D eigenvalue weighted by Gasteiger charge is 2.14. The van der Waals surface area contributed by atoms with E-state index in [0.29, 0.717) is 17.5 Å². The van der Waals surface area contributed by atoms with Crippen LogP contribution in [0.2, 0.25) is 0 Å². The van der Waals surface area contributed by atoms with Crippen molar-refractivity contribution in [2.75, 3.05) is 16.2 Å². The highest BCUT2D eigenvalue weighted by Crippen LogP contribution is 2.23. The molecule has 9 nitrogen and oxygen atoms in total. The van der Waals surface area contributed by atoms with Gasteiger partial charge in [0.1, 0.15) is 0 Å². The Kier molecular flexibility index (Phi) is 6.25. The maximum atomic E-state index is 10.7. The fraction of sp³-hybridized carbons (Fsp3) is 0.211. The van der Waals surface area contributed by atoms with Crippen molar-refractivity contribution in [3.63, 3.8) is 0 Å². The number of pyridine rings is 1. The topological polar surface area (TPSA) is 124 Å². The van der Waals surface area contributed by atoms with E-state index in [0.717, 1.165) is 16.9 Å². The average Bonchev–Trinajstić information content (AvgIpc) is 2.66. The molecule has 0 unspecified atom stereocenters. The molecule has 0 aliphatic carbocycles. The Bertz CT molecular complexity index is 1040. The highest BCUT2D eigenvalue weighted by atomic mass is 32.2. The summed E-state index contributed by atoms with van der Waals surface area (Å²) in [4.78, 5) is 13.2. The van der Waals surface area contributed by atoms with E-state index in [1.165, 1.54) is 0 Å². The first-order chi connectivity index (χ1) is 13.8. The highest BCUT2D eigenvalue weighted by molar-refractivity contribution is 7.68.